The molecule has 0 spiro atoms. The lowest BCUT2D eigenvalue weighted by molar-refractivity contribution is -0.146. The molecule has 5 heteroatoms. The summed E-state index contributed by atoms with van der Waals surface area (Å²) in [5, 5.41) is 2.80. The molecule has 0 aromatic heterocycles. The summed E-state index contributed by atoms with van der Waals surface area (Å²) in [6.45, 7) is 5.59. The molecule has 0 saturated heterocycles. The smallest absolute Gasteiger partial charge is 0.310 e. The first-order valence-electron chi connectivity index (χ1n) is 8.17. The van der Waals surface area contributed by atoms with Crippen LogP contribution in [0, 0.1) is 12.7 Å². The summed E-state index contributed by atoms with van der Waals surface area (Å²) in [5.74, 6) is -1.28. The molecule has 0 atom stereocenters. The highest BCUT2D eigenvalue weighted by Crippen LogP contribution is 2.27. The lowest BCUT2D eigenvalue weighted by Gasteiger charge is -2.16. The van der Waals surface area contributed by atoms with E-state index in [0.29, 0.717) is 0 Å². The highest BCUT2D eigenvalue weighted by molar-refractivity contribution is 5.94. The van der Waals surface area contributed by atoms with Crippen LogP contribution in [0.25, 0.3) is 0 Å². The van der Waals surface area contributed by atoms with Crippen LogP contribution < -0.4 is 5.32 Å². The van der Waals surface area contributed by atoms with Gasteiger partial charge in [0.15, 0.2) is 6.61 Å². The van der Waals surface area contributed by atoms with Crippen LogP contribution >= 0.6 is 0 Å². The number of benzene rings is 2. The second-order valence-corrected chi connectivity index (χ2v) is 6.17. The molecule has 0 aliphatic heterocycles. The Kier molecular flexibility index (Phi) is 6.28. The van der Waals surface area contributed by atoms with Crippen molar-refractivity contribution in [2.75, 3.05) is 11.9 Å². The third-order valence-electron chi connectivity index (χ3n) is 3.85. The number of aryl methyl sites for hydroxylation is 1. The van der Waals surface area contributed by atoms with E-state index in [1.54, 1.807) is 12.1 Å². The van der Waals surface area contributed by atoms with Crippen molar-refractivity contribution < 1.29 is 18.7 Å². The number of anilines is 1. The van der Waals surface area contributed by atoms with Crippen LogP contribution in [0.5, 0.6) is 0 Å². The van der Waals surface area contributed by atoms with Crippen molar-refractivity contribution in [3.05, 3.63) is 65.0 Å². The van der Waals surface area contributed by atoms with E-state index in [4.69, 9.17) is 4.74 Å². The SMILES string of the molecule is Cc1cccc(C(C)C)c1NC(=O)COC(=O)Cc1ccccc1F. The Morgan fingerprint density at radius 2 is 1.84 bits per heavy atom. The molecule has 0 heterocycles. The van der Waals surface area contributed by atoms with Crippen LogP contribution in [0.2, 0.25) is 0 Å². The second kappa shape index (κ2) is 8.42. The van der Waals surface area contributed by atoms with Gasteiger partial charge in [-0.2, -0.15) is 0 Å². The molecule has 0 unspecified atom stereocenters. The van der Waals surface area contributed by atoms with Crippen molar-refractivity contribution in [3.63, 3.8) is 0 Å². The molecule has 1 amide bonds. The van der Waals surface area contributed by atoms with E-state index >= 15 is 0 Å². The number of para-hydroxylation sites is 1. The normalized spacial score (nSPS) is 10.6. The Morgan fingerprint density at radius 3 is 2.52 bits per heavy atom. The topological polar surface area (TPSA) is 55.4 Å². The molecule has 4 nitrogen and oxygen atoms in total. The molecular formula is C20H22FNO3. The van der Waals surface area contributed by atoms with Gasteiger partial charge in [0.25, 0.3) is 5.91 Å². The first-order valence-corrected chi connectivity index (χ1v) is 8.17. The third kappa shape index (κ3) is 5.14. The number of carbonyl (C=O) groups excluding carboxylic acids is 2. The molecule has 0 saturated carbocycles. The molecule has 132 valence electrons. The first-order chi connectivity index (χ1) is 11.9. The summed E-state index contributed by atoms with van der Waals surface area (Å²) in [6.07, 6.45) is -0.207. The van der Waals surface area contributed by atoms with Crippen molar-refractivity contribution in [2.45, 2.75) is 33.1 Å². The molecular weight excluding hydrogens is 321 g/mol. The van der Waals surface area contributed by atoms with Gasteiger partial charge in [-0.3, -0.25) is 9.59 Å². The minimum atomic E-state index is -0.644. The summed E-state index contributed by atoms with van der Waals surface area (Å²) < 4.78 is 18.5. The van der Waals surface area contributed by atoms with E-state index in [-0.39, 0.29) is 17.9 Å². The number of nitrogens with one attached hydrogen (secondary N) is 1. The zero-order valence-corrected chi connectivity index (χ0v) is 14.6. The van der Waals surface area contributed by atoms with Gasteiger partial charge in [-0.1, -0.05) is 50.2 Å². The highest BCUT2D eigenvalue weighted by atomic mass is 19.1. The number of ether oxygens (including phenoxy) is 1. The summed E-state index contributed by atoms with van der Waals surface area (Å²) in [7, 11) is 0. The Hall–Kier alpha value is -2.69. The zero-order chi connectivity index (χ0) is 18.4. The fourth-order valence-corrected chi connectivity index (χ4v) is 2.51. The fourth-order valence-electron chi connectivity index (χ4n) is 2.51. The monoisotopic (exact) mass is 343 g/mol. The van der Waals surface area contributed by atoms with Crippen molar-refractivity contribution >= 4 is 17.6 Å². The molecule has 0 aliphatic carbocycles. The van der Waals surface area contributed by atoms with E-state index < -0.39 is 24.3 Å². The largest absolute Gasteiger partial charge is 0.455 e. The lowest BCUT2D eigenvalue weighted by atomic mass is 9.98. The van der Waals surface area contributed by atoms with Gasteiger partial charge in [0.2, 0.25) is 0 Å². The highest BCUT2D eigenvalue weighted by Gasteiger charge is 2.14. The fraction of sp³-hybridized carbons (Fsp3) is 0.300. The average molecular weight is 343 g/mol. The summed E-state index contributed by atoms with van der Waals surface area (Å²) >= 11 is 0. The number of rotatable bonds is 6. The van der Waals surface area contributed by atoms with E-state index in [0.717, 1.165) is 16.8 Å². The van der Waals surface area contributed by atoms with Crippen LogP contribution in [0.1, 0.15) is 36.5 Å². The van der Waals surface area contributed by atoms with Crippen molar-refractivity contribution in [2.24, 2.45) is 0 Å². The van der Waals surface area contributed by atoms with Crippen molar-refractivity contribution in [1.82, 2.24) is 0 Å². The van der Waals surface area contributed by atoms with E-state index in [2.05, 4.69) is 5.32 Å². The van der Waals surface area contributed by atoms with Gasteiger partial charge in [-0.25, -0.2) is 4.39 Å². The standard InChI is InChI=1S/C20H22FNO3/c1-13(2)16-9-6-7-14(3)20(16)22-18(23)12-25-19(24)11-15-8-4-5-10-17(15)21/h4-10,13H,11-12H2,1-3H3,(H,22,23). The Bertz CT molecular complexity index is 771. The molecule has 0 radical (unpaired) electrons. The molecule has 2 aromatic carbocycles. The number of hydrogen-bond acceptors (Lipinski definition) is 3. The van der Waals surface area contributed by atoms with Gasteiger partial charge in [-0.05, 0) is 35.6 Å². The molecule has 0 aliphatic rings. The van der Waals surface area contributed by atoms with Crippen LogP contribution in [0.3, 0.4) is 0 Å². The van der Waals surface area contributed by atoms with Gasteiger partial charge in [-0.15, -0.1) is 0 Å². The number of carbonyl (C=O) groups is 2. The second-order valence-electron chi connectivity index (χ2n) is 6.17. The number of esters is 1. The van der Waals surface area contributed by atoms with Gasteiger partial charge in [0.05, 0.1) is 6.42 Å². The van der Waals surface area contributed by atoms with E-state index in [1.165, 1.54) is 12.1 Å². The van der Waals surface area contributed by atoms with Crippen LogP contribution in [0.4, 0.5) is 10.1 Å². The molecule has 0 bridgehead atoms. The van der Waals surface area contributed by atoms with Crippen LogP contribution in [0.15, 0.2) is 42.5 Å². The average Bonchev–Trinajstić information content (AvgIpc) is 2.56. The minimum Gasteiger partial charge on any atom is -0.455 e. The number of hydrogen-bond donors (Lipinski definition) is 1. The molecule has 25 heavy (non-hydrogen) atoms. The maximum absolute atomic E-state index is 13.5. The van der Waals surface area contributed by atoms with Crippen LogP contribution in [-0.4, -0.2) is 18.5 Å². The molecule has 2 rings (SSSR count). The summed E-state index contributed by atoms with van der Waals surface area (Å²) in [4.78, 5) is 23.9. The summed E-state index contributed by atoms with van der Waals surface area (Å²) in [6, 6.07) is 11.8. The molecule has 1 N–H and O–H groups in total. The first kappa shape index (κ1) is 18.6. The molecule has 0 fully saturated rings. The van der Waals surface area contributed by atoms with Gasteiger partial charge in [0, 0.05) is 5.69 Å². The summed E-state index contributed by atoms with van der Waals surface area (Å²) in [5.41, 5.74) is 2.95. The maximum Gasteiger partial charge on any atom is 0.310 e. The maximum atomic E-state index is 13.5. The minimum absolute atomic E-state index is 0.207. The van der Waals surface area contributed by atoms with Gasteiger partial charge < -0.3 is 10.1 Å². The molecule has 2 aromatic rings. The van der Waals surface area contributed by atoms with E-state index in [9.17, 15) is 14.0 Å². The predicted octanol–water partition coefficient (Wildman–Crippen LogP) is 3.98. The number of halogens is 1. The quantitative estimate of drug-likeness (QED) is 0.807. The van der Waals surface area contributed by atoms with Gasteiger partial charge in [0.1, 0.15) is 5.82 Å². The Morgan fingerprint density at radius 1 is 1.12 bits per heavy atom. The Labute approximate surface area is 147 Å². The zero-order valence-electron chi connectivity index (χ0n) is 14.6. The predicted molar refractivity (Wildman–Crippen MR) is 95.0 cm³/mol. The number of amides is 1. The van der Waals surface area contributed by atoms with Crippen molar-refractivity contribution in [1.29, 1.82) is 0 Å². The lowest BCUT2D eigenvalue weighted by Crippen LogP contribution is -2.23. The van der Waals surface area contributed by atoms with Gasteiger partial charge >= 0.3 is 5.97 Å². The van der Waals surface area contributed by atoms with Crippen LogP contribution in [-0.2, 0) is 20.7 Å². The van der Waals surface area contributed by atoms with E-state index in [1.807, 2.05) is 39.0 Å². The Balaban J connectivity index is 1.93. The van der Waals surface area contributed by atoms with Crippen molar-refractivity contribution in [3.8, 4) is 0 Å². The third-order valence-corrected chi connectivity index (χ3v) is 3.85.